The van der Waals surface area contributed by atoms with Gasteiger partial charge in [-0.3, -0.25) is 0 Å². The summed E-state index contributed by atoms with van der Waals surface area (Å²) in [5.74, 6) is 1.64. The summed E-state index contributed by atoms with van der Waals surface area (Å²) in [7, 11) is 1.73. The van der Waals surface area contributed by atoms with Crippen LogP contribution in [0.1, 0.15) is 12.8 Å². The van der Waals surface area contributed by atoms with Crippen LogP contribution in [0.2, 0.25) is 5.02 Å². The van der Waals surface area contributed by atoms with Gasteiger partial charge in [-0.15, -0.1) is 0 Å². The molecule has 0 spiro atoms. The predicted octanol–water partition coefficient (Wildman–Crippen LogP) is 2.95. The lowest BCUT2D eigenvalue weighted by Crippen LogP contribution is -2.38. The van der Waals surface area contributed by atoms with Gasteiger partial charge in [-0.25, -0.2) is 4.98 Å². The van der Waals surface area contributed by atoms with Crippen molar-refractivity contribution in [1.29, 1.82) is 0 Å². The maximum atomic E-state index is 6.26. The van der Waals surface area contributed by atoms with Crippen molar-refractivity contribution in [2.75, 3.05) is 44.8 Å². The van der Waals surface area contributed by atoms with Gasteiger partial charge in [0.05, 0.1) is 11.6 Å². The van der Waals surface area contributed by atoms with Crippen molar-refractivity contribution in [2.45, 2.75) is 12.8 Å². The number of hydrogen-bond donors (Lipinski definition) is 1. The van der Waals surface area contributed by atoms with E-state index in [0.717, 1.165) is 54.0 Å². The van der Waals surface area contributed by atoms with Crippen LogP contribution in [0.5, 0.6) is 0 Å². The number of rotatable bonds is 6. The Morgan fingerprint density at radius 1 is 1.50 bits per heavy atom. The van der Waals surface area contributed by atoms with Gasteiger partial charge in [0.2, 0.25) is 0 Å². The molecule has 0 aromatic carbocycles. The van der Waals surface area contributed by atoms with Crippen molar-refractivity contribution in [3.8, 4) is 0 Å². The van der Waals surface area contributed by atoms with E-state index in [0.29, 0.717) is 0 Å². The molecule has 0 bridgehead atoms. The van der Waals surface area contributed by atoms with Gasteiger partial charge in [0, 0.05) is 37.4 Å². The smallest absolute Gasteiger partial charge is 0.147 e. The molecule has 0 unspecified atom stereocenters. The summed E-state index contributed by atoms with van der Waals surface area (Å²) in [5.41, 5.74) is 0. The topological polar surface area (TPSA) is 37.4 Å². The summed E-state index contributed by atoms with van der Waals surface area (Å²) in [6.45, 7) is 4.81. The number of piperidine rings is 1. The molecule has 0 saturated carbocycles. The van der Waals surface area contributed by atoms with Crippen LogP contribution in [0.25, 0.3) is 0 Å². The molecule has 1 aliphatic rings. The Hall–Kier alpha value is -0.360. The molecule has 0 aliphatic carbocycles. The molecule has 20 heavy (non-hydrogen) atoms. The van der Waals surface area contributed by atoms with E-state index in [1.54, 1.807) is 13.3 Å². The zero-order valence-electron chi connectivity index (χ0n) is 11.7. The first-order valence-electron chi connectivity index (χ1n) is 6.96. The molecule has 0 radical (unpaired) electrons. The van der Waals surface area contributed by atoms with Crippen molar-refractivity contribution in [3.63, 3.8) is 0 Å². The minimum atomic E-state index is 0.719. The number of halogens is 2. The summed E-state index contributed by atoms with van der Waals surface area (Å²) < 4.78 is 5.95. The number of ether oxygens (including phenoxy) is 1. The maximum absolute atomic E-state index is 6.26. The molecule has 1 aromatic rings. The zero-order chi connectivity index (χ0) is 14.4. The highest BCUT2D eigenvalue weighted by molar-refractivity contribution is 9.10. The fourth-order valence-corrected chi connectivity index (χ4v) is 3.22. The van der Waals surface area contributed by atoms with E-state index in [-0.39, 0.29) is 0 Å². The molecule has 1 aromatic heterocycles. The molecule has 2 heterocycles. The third-order valence-corrected chi connectivity index (χ3v) is 4.33. The van der Waals surface area contributed by atoms with E-state index in [2.05, 4.69) is 31.1 Å². The van der Waals surface area contributed by atoms with Crippen molar-refractivity contribution < 1.29 is 4.74 Å². The molecular weight excluding hydrogens is 342 g/mol. The zero-order valence-corrected chi connectivity index (χ0v) is 14.1. The van der Waals surface area contributed by atoms with Crippen LogP contribution in [-0.4, -0.2) is 44.9 Å². The first kappa shape index (κ1) is 16.0. The highest BCUT2D eigenvalue weighted by Gasteiger charge is 2.21. The number of aromatic nitrogens is 1. The van der Waals surface area contributed by atoms with E-state index in [1.807, 2.05) is 6.07 Å². The minimum Gasteiger partial charge on any atom is -0.383 e. The predicted molar refractivity (Wildman–Crippen MR) is 86.6 cm³/mol. The first-order valence-corrected chi connectivity index (χ1v) is 8.13. The Morgan fingerprint density at radius 3 is 2.90 bits per heavy atom. The van der Waals surface area contributed by atoms with Gasteiger partial charge in [-0.05, 0) is 47.3 Å². The van der Waals surface area contributed by atoms with Gasteiger partial charge < -0.3 is 15.0 Å². The monoisotopic (exact) mass is 361 g/mol. The highest BCUT2D eigenvalue weighted by Crippen LogP contribution is 2.29. The molecule has 2 rings (SSSR count). The fourth-order valence-electron chi connectivity index (χ4n) is 2.47. The Kier molecular flexibility index (Phi) is 6.55. The summed E-state index contributed by atoms with van der Waals surface area (Å²) in [6, 6.07) is 1.91. The van der Waals surface area contributed by atoms with Crippen LogP contribution >= 0.6 is 27.5 Å². The first-order chi connectivity index (χ1) is 9.70. The third-order valence-electron chi connectivity index (χ3n) is 3.62. The molecule has 1 saturated heterocycles. The second kappa shape index (κ2) is 8.17. The number of anilines is 1. The Balaban J connectivity index is 1.79. The molecule has 6 heteroatoms. The molecule has 0 atom stereocenters. The average molecular weight is 363 g/mol. The van der Waals surface area contributed by atoms with Crippen molar-refractivity contribution in [2.24, 2.45) is 5.92 Å². The number of nitrogens with zero attached hydrogens (tertiary/aromatic N) is 2. The molecule has 112 valence electrons. The number of methoxy groups -OCH3 is 1. The van der Waals surface area contributed by atoms with Crippen LogP contribution in [0.3, 0.4) is 0 Å². The summed E-state index contributed by atoms with van der Waals surface area (Å²) >= 11 is 9.64. The van der Waals surface area contributed by atoms with Crippen LogP contribution < -0.4 is 10.2 Å². The number of pyridine rings is 1. The summed E-state index contributed by atoms with van der Waals surface area (Å²) in [4.78, 5) is 6.71. The second-order valence-electron chi connectivity index (χ2n) is 5.09. The Bertz CT molecular complexity index is 425. The molecule has 1 fully saturated rings. The lowest BCUT2D eigenvalue weighted by molar-refractivity contribution is 0.197. The van der Waals surface area contributed by atoms with E-state index in [4.69, 9.17) is 16.3 Å². The minimum absolute atomic E-state index is 0.719. The van der Waals surface area contributed by atoms with Crippen molar-refractivity contribution in [3.05, 3.63) is 21.8 Å². The van der Waals surface area contributed by atoms with Gasteiger partial charge in [0.25, 0.3) is 0 Å². The average Bonchev–Trinajstić information content (AvgIpc) is 2.45. The molecule has 1 N–H and O–H groups in total. The van der Waals surface area contributed by atoms with Gasteiger partial charge in [-0.1, -0.05) is 11.6 Å². The second-order valence-corrected chi connectivity index (χ2v) is 6.41. The van der Waals surface area contributed by atoms with Gasteiger partial charge in [0.15, 0.2) is 0 Å². The molecular formula is C14H21BrClN3O. The largest absolute Gasteiger partial charge is 0.383 e. The third kappa shape index (κ3) is 4.58. The summed E-state index contributed by atoms with van der Waals surface area (Å²) in [6.07, 6.45) is 4.15. The van der Waals surface area contributed by atoms with Gasteiger partial charge in [0.1, 0.15) is 5.82 Å². The summed E-state index contributed by atoms with van der Waals surface area (Å²) in [5, 5.41) is 4.16. The lowest BCUT2D eigenvalue weighted by Gasteiger charge is -2.33. The normalized spacial score (nSPS) is 16.6. The van der Waals surface area contributed by atoms with Crippen LogP contribution in [0, 0.1) is 5.92 Å². The quantitative estimate of drug-likeness (QED) is 0.790. The molecule has 1 aliphatic heterocycles. The Labute approximate surface area is 134 Å². The van der Waals surface area contributed by atoms with E-state index in [1.165, 1.54) is 12.8 Å². The van der Waals surface area contributed by atoms with Crippen molar-refractivity contribution >= 4 is 33.3 Å². The van der Waals surface area contributed by atoms with E-state index in [9.17, 15) is 0 Å². The number of nitrogens with one attached hydrogen (secondary N) is 1. The standard InChI is InChI=1S/C14H21BrClN3O/c1-20-7-4-17-9-11-2-5-19(6-3-11)14-13(16)8-12(15)10-18-14/h8,10-11,17H,2-7,9H2,1H3. The van der Waals surface area contributed by atoms with E-state index < -0.39 is 0 Å². The van der Waals surface area contributed by atoms with Crippen molar-refractivity contribution in [1.82, 2.24) is 10.3 Å². The van der Waals surface area contributed by atoms with E-state index >= 15 is 0 Å². The lowest BCUT2D eigenvalue weighted by atomic mass is 9.97. The number of hydrogen-bond acceptors (Lipinski definition) is 4. The van der Waals surface area contributed by atoms with Crippen LogP contribution in [-0.2, 0) is 4.74 Å². The molecule has 0 amide bonds. The molecule has 4 nitrogen and oxygen atoms in total. The van der Waals surface area contributed by atoms with Crippen LogP contribution in [0.15, 0.2) is 16.7 Å². The van der Waals surface area contributed by atoms with Crippen LogP contribution in [0.4, 0.5) is 5.82 Å². The van der Waals surface area contributed by atoms with Gasteiger partial charge in [-0.2, -0.15) is 0 Å². The SMILES string of the molecule is COCCNCC1CCN(c2ncc(Br)cc2Cl)CC1. The fraction of sp³-hybridized carbons (Fsp3) is 0.643. The Morgan fingerprint density at radius 2 is 2.25 bits per heavy atom. The highest BCUT2D eigenvalue weighted by atomic mass is 79.9. The maximum Gasteiger partial charge on any atom is 0.147 e. The van der Waals surface area contributed by atoms with Gasteiger partial charge >= 0.3 is 0 Å².